The van der Waals surface area contributed by atoms with Gasteiger partial charge in [-0.05, 0) is 32.6 Å². The van der Waals surface area contributed by atoms with Crippen LogP contribution in [0.2, 0.25) is 0 Å². The van der Waals surface area contributed by atoms with Gasteiger partial charge in [-0.25, -0.2) is 8.42 Å². The van der Waals surface area contributed by atoms with Crippen molar-refractivity contribution >= 4 is 21.7 Å². The van der Waals surface area contributed by atoms with Gasteiger partial charge in [0.25, 0.3) is 0 Å². The number of carbonyl (C=O) groups excluding carboxylic acids is 2. The molecule has 0 aliphatic carbocycles. The molecular weight excluding hydrogens is 316 g/mol. The topological polar surface area (TPSA) is 74.8 Å². The van der Waals surface area contributed by atoms with Crippen LogP contribution in [0.1, 0.15) is 46.0 Å². The first-order chi connectivity index (χ1) is 10.9. The summed E-state index contributed by atoms with van der Waals surface area (Å²) in [6, 6.07) is -0.169. The standard InChI is InChI=1S/C16H28N2O4S/c1-3-5-15(19)17-9-6-13(7-10-17)16(20)18(4-2)14-8-11-23(21,22)12-14/h13-14H,3-12H2,1-2H3. The molecule has 2 rings (SSSR count). The molecule has 132 valence electrons. The van der Waals surface area contributed by atoms with E-state index in [0.717, 1.165) is 6.42 Å². The maximum Gasteiger partial charge on any atom is 0.226 e. The van der Waals surface area contributed by atoms with Gasteiger partial charge < -0.3 is 9.80 Å². The van der Waals surface area contributed by atoms with Gasteiger partial charge >= 0.3 is 0 Å². The van der Waals surface area contributed by atoms with E-state index in [-0.39, 0.29) is 35.3 Å². The summed E-state index contributed by atoms with van der Waals surface area (Å²) in [7, 11) is -2.99. The van der Waals surface area contributed by atoms with E-state index in [9.17, 15) is 18.0 Å². The molecule has 1 unspecified atom stereocenters. The molecule has 2 fully saturated rings. The zero-order valence-corrected chi connectivity index (χ0v) is 15.0. The molecule has 0 aromatic heterocycles. The highest BCUT2D eigenvalue weighted by molar-refractivity contribution is 7.91. The second kappa shape index (κ2) is 7.64. The summed E-state index contributed by atoms with van der Waals surface area (Å²) < 4.78 is 23.3. The second-order valence-corrected chi connectivity index (χ2v) is 8.81. The maximum atomic E-state index is 12.8. The quantitative estimate of drug-likeness (QED) is 0.747. The minimum atomic E-state index is -2.99. The Labute approximate surface area is 139 Å². The molecule has 0 saturated carbocycles. The van der Waals surface area contributed by atoms with E-state index < -0.39 is 9.84 Å². The van der Waals surface area contributed by atoms with Crippen molar-refractivity contribution in [2.45, 2.75) is 52.0 Å². The van der Waals surface area contributed by atoms with Crippen molar-refractivity contribution in [1.29, 1.82) is 0 Å². The molecule has 1 atom stereocenters. The highest BCUT2D eigenvalue weighted by atomic mass is 32.2. The molecule has 0 aromatic rings. The lowest BCUT2D eigenvalue weighted by Gasteiger charge is -2.36. The minimum absolute atomic E-state index is 0.0668. The molecule has 2 heterocycles. The van der Waals surface area contributed by atoms with Crippen LogP contribution in [-0.4, -0.2) is 67.2 Å². The molecule has 2 aliphatic heterocycles. The van der Waals surface area contributed by atoms with Crippen molar-refractivity contribution in [2.75, 3.05) is 31.1 Å². The highest BCUT2D eigenvalue weighted by Gasteiger charge is 2.37. The van der Waals surface area contributed by atoms with Gasteiger partial charge in [0, 0.05) is 38.0 Å². The third-order valence-corrected chi connectivity index (χ3v) is 6.68. The molecule has 2 amide bonds. The Morgan fingerprint density at radius 1 is 1.13 bits per heavy atom. The molecular formula is C16H28N2O4S. The van der Waals surface area contributed by atoms with Gasteiger partial charge in [-0.15, -0.1) is 0 Å². The summed E-state index contributed by atoms with van der Waals surface area (Å²) in [6.07, 6.45) is 3.33. The van der Waals surface area contributed by atoms with E-state index in [2.05, 4.69) is 0 Å². The molecule has 2 saturated heterocycles. The fraction of sp³-hybridized carbons (Fsp3) is 0.875. The van der Waals surface area contributed by atoms with Crippen LogP contribution < -0.4 is 0 Å². The Balaban J connectivity index is 1.91. The number of nitrogens with zero attached hydrogens (tertiary/aromatic N) is 2. The predicted molar refractivity (Wildman–Crippen MR) is 88.7 cm³/mol. The van der Waals surface area contributed by atoms with E-state index in [4.69, 9.17) is 0 Å². The van der Waals surface area contributed by atoms with Crippen molar-refractivity contribution in [3.63, 3.8) is 0 Å². The zero-order valence-electron chi connectivity index (χ0n) is 14.2. The van der Waals surface area contributed by atoms with Crippen LogP contribution in [-0.2, 0) is 19.4 Å². The Hall–Kier alpha value is -1.11. The minimum Gasteiger partial charge on any atom is -0.343 e. The fourth-order valence-electron chi connectivity index (χ4n) is 3.60. The lowest BCUT2D eigenvalue weighted by Crippen LogP contribution is -2.48. The average molecular weight is 344 g/mol. The molecule has 6 nitrogen and oxygen atoms in total. The van der Waals surface area contributed by atoms with Crippen molar-refractivity contribution < 1.29 is 18.0 Å². The molecule has 0 spiro atoms. The van der Waals surface area contributed by atoms with Crippen LogP contribution in [0.3, 0.4) is 0 Å². The van der Waals surface area contributed by atoms with E-state index in [0.29, 0.717) is 45.3 Å². The first-order valence-corrected chi connectivity index (χ1v) is 10.5. The predicted octanol–water partition coefficient (Wildman–Crippen LogP) is 1.06. The summed E-state index contributed by atoms with van der Waals surface area (Å²) in [5, 5.41) is 0. The van der Waals surface area contributed by atoms with Crippen molar-refractivity contribution in [2.24, 2.45) is 5.92 Å². The van der Waals surface area contributed by atoms with Crippen molar-refractivity contribution in [3.8, 4) is 0 Å². The number of sulfone groups is 1. The SMILES string of the molecule is CCCC(=O)N1CCC(C(=O)N(CC)C2CCS(=O)(=O)C2)CC1. The normalized spacial score (nSPS) is 24.6. The molecule has 2 aliphatic rings. The third kappa shape index (κ3) is 4.46. The maximum absolute atomic E-state index is 12.8. The van der Waals surface area contributed by atoms with Gasteiger partial charge in [0.15, 0.2) is 9.84 Å². The lowest BCUT2D eigenvalue weighted by atomic mass is 9.94. The van der Waals surface area contributed by atoms with Gasteiger partial charge in [0.1, 0.15) is 0 Å². The number of amides is 2. The number of likely N-dealkylation sites (tertiary alicyclic amines) is 1. The smallest absolute Gasteiger partial charge is 0.226 e. The van der Waals surface area contributed by atoms with Crippen LogP contribution >= 0.6 is 0 Å². The van der Waals surface area contributed by atoms with E-state index >= 15 is 0 Å². The first kappa shape index (κ1) is 18.2. The Morgan fingerprint density at radius 3 is 2.26 bits per heavy atom. The molecule has 0 radical (unpaired) electrons. The summed E-state index contributed by atoms with van der Waals surface area (Å²) in [4.78, 5) is 28.3. The van der Waals surface area contributed by atoms with Crippen LogP contribution in [0.25, 0.3) is 0 Å². The third-order valence-electron chi connectivity index (χ3n) is 4.93. The van der Waals surface area contributed by atoms with Crippen molar-refractivity contribution in [3.05, 3.63) is 0 Å². The van der Waals surface area contributed by atoms with Gasteiger partial charge in [0.2, 0.25) is 11.8 Å². The number of hydrogen-bond donors (Lipinski definition) is 0. The van der Waals surface area contributed by atoms with Crippen LogP contribution in [0, 0.1) is 5.92 Å². The Morgan fingerprint density at radius 2 is 1.78 bits per heavy atom. The van der Waals surface area contributed by atoms with E-state index in [1.165, 1.54) is 0 Å². The summed E-state index contributed by atoms with van der Waals surface area (Å²) >= 11 is 0. The fourth-order valence-corrected chi connectivity index (χ4v) is 5.33. The number of rotatable bonds is 5. The second-order valence-electron chi connectivity index (χ2n) is 6.59. The Kier molecular flexibility index (Phi) is 6.06. The monoisotopic (exact) mass is 344 g/mol. The molecule has 0 N–H and O–H groups in total. The van der Waals surface area contributed by atoms with Gasteiger partial charge in [-0.3, -0.25) is 9.59 Å². The summed E-state index contributed by atoms with van der Waals surface area (Å²) in [5.74, 6) is 0.444. The largest absolute Gasteiger partial charge is 0.343 e. The van der Waals surface area contributed by atoms with Crippen molar-refractivity contribution in [1.82, 2.24) is 9.80 Å². The summed E-state index contributed by atoms with van der Waals surface area (Å²) in [5.41, 5.74) is 0. The van der Waals surface area contributed by atoms with Gasteiger partial charge in [0.05, 0.1) is 11.5 Å². The van der Waals surface area contributed by atoms with Gasteiger partial charge in [-0.2, -0.15) is 0 Å². The highest BCUT2D eigenvalue weighted by Crippen LogP contribution is 2.24. The van der Waals surface area contributed by atoms with E-state index in [1.807, 2.05) is 18.7 Å². The number of hydrogen-bond acceptors (Lipinski definition) is 4. The first-order valence-electron chi connectivity index (χ1n) is 8.66. The average Bonchev–Trinajstić information content (AvgIpc) is 2.88. The summed E-state index contributed by atoms with van der Waals surface area (Å²) in [6.45, 7) is 5.71. The van der Waals surface area contributed by atoms with Crippen LogP contribution in [0.5, 0.6) is 0 Å². The lowest BCUT2D eigenvalue weighted by molar-refractivity contribution is -0.142. The Bertz CT molecular complexity index is 538. The van der Waals surface area contributed by atoms with E-state index in [1.54, 1.807) is 4.90 Å². The van der Waals surface area contributed by atoms with Gasteiger partial charge in [-0.1, -0.05) is 6.92 Å². The number of piperidine rings is 1. The molecule has 7 heteroatoms. The number of carbonyl (C=O) groups is 2. The van der Waals surface area contributed by atoms with Crippen LogP contribution in [0.15, 0.2) is 0 Å². The molecule has 0 aromatic carbocycles. The molecule has 23 heavy (non-hydrogen) atoms. The molecule has 0 bridgehead atoms. The van der Waals surface area contributed by atoms with Crippen LogP contribution in [0.4, 0.5) is 0 Å². The zero-order chi connectivity index (χ0) is 17.0.